The van der Waals surface area contributed by atoms with Crippen molar-refractivity contribution in [3.63, 3.8) is 0 Å². The largest absolute Gasteiger partial charge is 0.493 e. The van der Waals surface area contributed by atoms with Crippen molar-refractivity contribution >= 4 is 23.2 Å². The van der Waals surface area contributed by atoms with E-state index in [-0.39, 0.29) is 11.7 Å². The molecule has 0 unspecified atom stereocenters. The normalized spacial score (nSPS) is 11.0. The maximum Gasteiger partial charge on any atom is 0.291 e. The fourth-order valence-corrected chi connectivity index (χ4v) is 2.93. The van der Waals surface area contributed by atoms with Crippen LogP contribution in [0.3, 0.4) is 0 Å². The van der Waals surface area contributed by atoms with E-state index < -0.39 is 0 Å². The average molecular weight is 437 g/mol. The minimum absolute atomic E-state index is 0.269. The van der Waals surface area contributed by atoms with E-state index in [4.69, 9.17) is 13.9 Å². The summed E-state index contributed by atoms with van der Waals surface area (Å²) in [7, 11) is 1.62. The summed E-state index contributed by atoms with van der Waals surface area (Å²) >= 11 is 0. The van der Waals surface area contributed by atoms with Gasteiger partial charge in [-0.05, 0) is 55.8 Å². The molecule has 0 saturated carbocycles. The lowest BCUT2D eigenvalue weighted by molar-refractivity contribution is 0.0996. The molecule has 3 rings (SSSR count). The molecule has 3 N–H and O–H groups in total. The maximum atomic E-state index is 12.1. The van der Waals surface area contributed by atoms with Gasteiger partial charge in [-0.25, -0.2) is 4.99 Å². The molecule has 0 fully saturated rings. The zero-order valence-corrected chi connectivity index (χ0v) is 18.5. The Labute approximate surface area is 187 Å². The molecule has 2 aromatic carbocycles. The number of nitrogens with one attached hydrogen (secondary N) is 3. The molecule has 168 valence electrons. The summed E-state index contributed by atoms with van der Waals surface area (Å²) in [5, 5.41) is 9.32. The van der Waals surface area contributed by atoms with Crippen LogP contribution in [0.4, 0.5) is 11.4 Å². The highest BCUT2D eigenvalue weighted by Crippen LogP contribution is 2.30. The molecule has 0 bridgehead atoms. The van der Waals surface area contributed by atoms with E-state index in [1.807, 2.05) is 56.3 Å². The third-order valence-corrected chi connectivity index (χ3v) is 4.45. The van der Waals surface area contributed by atoms with Crippen LogP contribution in [0, 0.1) is 0 Å². The van der Waals surface area contributed by atoms with Crippen molar-refractivity contribution in [2.24, 2.45) is 4.99 Å². The number of carbonyl (C=O) groups excluding carboxylic acids is 1. The van der Waals surface area contributed by atoms with Gasteiger partial charge >= 0.3 is 0 Å². The number of hydrogen-bond acceptors (Lipinski definition) is 5. The number of aliphatic imine (C=N–C) groups is 1. The molecule has 8 heteroatoms. The van der Waals surface area contributed by atoms with E-state index >= 15 is 0 Å². The van der Waals surface area contributed by atoms with E-state index in [0.717, 1.165) is 17.8 Å². The summed E-state index contributed by atoms with van der Waals surface area (Å²) in [5.74, 6) is 1.98. The SMILES string of the molecule is CCNC(=NCc1ccc(NC(=O)c2ccco2)cc1)Nc1ccc(OC)c(OCC)c1. The van der Waals surface area contributed by atoms with Gasteiger partial charge in [-0.1, -0.05) is 12.1 Å². The van der Waals surface area contributed by atoms with Crippen molar-refractivity contribution in [3.05, 3.63) is 72.2 Å². The van der Waals surface area contributed by atoms with Gasteiger partial charge in [0, 0.05) is 24.0 Å². The van der Waals surface area contributed by atoms with Gasteiger partial charge in [-0.3, -0.25) is 4.79 Å². The predicted octanol–water partition coefficient (Wildman–Crippen LogP) is 4.52. The molecule has 0 aliphatic carbocycles. The van der Waals surface area contributed by atoms with Crippen LogP contribution in [0.15, 0.2) is 70.3 Å². The van der Waals surface area contributed by atoms with Gasteiger partial charge in [0.15, 0.2) is 23.2 Å². The molecule has 1 amide bonds. The second kappa shape index (κ2) is 11.5. The van der Waals surface area contributed by atoms with E-state index in [2.05, 4.69) is 20.9 Å². The fourth-order valence-electron chi connectivity index (χ4n) is 2.93. The summed E-state index contributed by atoms with van der Waals surface area (Å²) in [6, 6.07) is 16.5. The number of nitrogens with zero attached hydrogens (tertiary/aromatic N) is 1. The van der Waals surface area contributed by atoms with Crippen LogP contribution < -0.4 is 25.4 Å². The summed E-state index contributed by atoms with van der Waals surface area (Å²) in [5.41, 5.74) is 2.53. The smallest absolute Gasteiger partial charge is 0.291 e. The number of carbonyl (C=O) groups is 1. The van der Waals surface area contributed by atoms with Gasteiger partial charge in [-0.15, -0.1) is 0 Å². The summed E-state index contributed by atoms with van der Waals surface area (Å²) in [6.07, 6.45) is 1.47. The number of guanidine groups is 1. The van der Waals surface area contributed by atoms with Gasteiger partial charge in [-0.2, -0.15) is 0 Å². The molecule has 1 aromatic heterocycles. The molecule has 8 nitrogen and oxygen atoms in total. The zero-order chi connectivity index (χ0) is 22.8. The Bertz CT molecular complexity index is 1030. The first kappa shape index (κ1) is 22.7. The van der Waals surface area contributed by atoms with Crippen LogP contribution in [-0.4, -0.2) is 32.1 Å². The number of furan rings is 1. The van der Waals surface area contributed by atoms with E-state index in [9.17, 15) is 4.79 Å². The molecule has 3 aromatic rings. The molecule has 0 radical (unpaired) electrons. The first-order chi connectivity index (χ1) is 15.6. The fraction of sp³-hybridized carbons (Fsp3) is 0.250. The number of methoxy groups -OCH3 is 1. The quantitative estimate of drug-likeness (QED) is 0.337. The van der Waals surface area contributed by atoms with Gasteiger partial charge < -0.3 is 29.8 Å². The van der Waals surface area contributed by atoms with Crippen molar-refractivity contribution in [3.8, 4) is 11.5 Å². The Morgan fingerprint density at radius 1 is 1.00 bits per heavy atom. The topological polar surface area (TPSA) is 97.1 Å². The molecule has 0 aliphatic heterocycles. The predicted molar refractivity (Wildman–Crippen MR) is 126 cm³/mol. The second-order valence-electron chi connectivity index (χ2n) is 6.75. The summed E-state index contributed by atoms with van der Waals surface area (Å²) in [6.45, 7) is 5.67. The molecule has 32 heavy (non-hydrogen) atoms. The van der Waals surface area contributed by atoms with Crippen molar-refractivity contribution in [1.82, 2.24) is 5.32 Å². The minimum Gasteiger partial charge on any atom is -0.493 e. The van der Waals surface area contributed by atoms with E-state index in [1.165, 1.54) is 6.26 Å². The van der Waals surface area contributed by atoms with Crippen LogP contribution >= 0.6 is 0 Å². The number of amides is 1. The Kier molecular flexibility index (Phi) is 8.14. The van der Waals surface area contributed by atoms with Crippen LogP contribution in [0.25, 0.3) is 0 Å². The van der Waals surface area contributed by atoms with Crippen molar-refractivity contribution in [1.29, 1.82) is 0 Å². The standard InChI is InChI=1S/C24H28N4O4/c1-4-25-24(28-19-12-13-20(30-3)22(15-19)31-5-2)26-16-17-8-10-18(11-9-17)27-23(29)21-7-6-14-32-21/h6-15H,4-5,16H2,1-3H3,(H,27,29)(H2,25,26,28). The third-order valence-electron chi connectivity index (χ3n) is 4.45. The summed E-state index contributed by atoms with van der Waals surface area (Å²) < 4.78 is 16.1. The third kappa shape index (κ3) is 6.28. The number of rotatable bonds is 9. The molecule has 0 saturated heterocycles. The molecular weight excluding hydrogens is 408 g/mol. The highest BCUT2D eigenvalue weighted by molar-refractivity contribution is 6.02. The second-order valence-corrected chi connectivity index (χ2v) is 6.75. The van der Waals surface area contributed by atoms with Crippen LogP contribution in [0.2, 0.25) is 0 Å². The Balaban J connectivity index is 1.64. The van der Waals surface area contributed by atoms with Gasteiger partial charge in [0.25, 0.3) is 5.91 Å². The van der Waals surface area contributed by atoms with Crippen LogP contribution in [-0.2, 0) is 6.54 Å². The number of benzene rings is 2. The first-order valence-electron chi connectivity index (χ1n) is 10.4. The molecule has 0 spiro atoms. The van der Waals surface area contributed by atoms with Crippen molar-refractivity contribution in [2.75, 3.05) is 30.9 Å². The monoisotopic (exact) mass is 436 g/mol. The van der Waals surface area contributed by atoms with Gasteiger partial charge in [0.2, 0.25) is 0 Å². The minimum atomic E-state index is -0.287. The lowest BCUT2D eigenvalue weighted by Gasteiger charge is -2.14. The van der Waals surface area contributed by atoms with Gasteiger partial charge in [0.05, 0.1) is 26.5 Å². The average Bonchev–Trinajstić information content (AvgIpc) is 3.34. The Morgan fingerprint density at radius 3 is 2.44 bits per heavy atom. The molecule has 1 heterocycles. The molecule has 0 atom stereocenters. The summed E-state index contributed by atoms with van der Waals surface area (Å²) in [4.78, 5) is 16.7. The lowest BCUT2D eigenvalue weighted by atomic mass is 10.2. The van der Waals surface area contributed by atoms with Crippen LogP contribution in [0.5, 0.6) is 11.5 Å². The van der Waals surface area contributed by atoms with Crippen molar-refractivity contribution < 1.29 is 18.7 Å². The highest BCUT2D eigenvalue weighted by Gasteiger charge is 2.09. The molecule has 0 aliphatic rings. The van der Waals surface area contributed by atoms with Crippen LogP contribution in [0.1, 0.15) is 30.0 Å². The van der Waals surface area contributed by atoms with E-state index in [0.29, 0.717) is 36.3 Å². The Hall–Kier alpha value is -3.94. The van der Waals surface area contributed by atoms with Gasteiger partial charge in [0.1, 0.15) is 0 Å². The highest BCUT2D eigenvalue weighted by atomic mass is 16.5. The first-order valence-corrected chi connectivity index (χ1v) is 10.4. The zero-order valence-electron chi connectivity index (χ0n) is 18.5. The number of hydrogen-bond donors (Lipinski definition) is 3. The number of anilines is 2. The molecular formula is C24H28N4O4. The van der Waals surface area contributed by atoms with E-state index in [1.54, 1.807) is 19.2 Å². The lowest BCUT2D eigenvalue weighted by Crippen LogP contribution is -2.30. The van der Waals surface area contributed by atoms with Crippen molar-refractivity contribution in [2.45, 2.75) is 20.4 Å². The number of ether oxygens (including phenoxy) is 2. The Morgan fingerprint density at radius 2 is 1.78 bits per heavy atom. The maximum absolute atomic E-state index is 12.1.